The number of pyridine rings is 2. The number of hydrogen-bond acceptors (Lipinski definition) is 4. The van der Waals surface area contributed by atoms with Crippen molar-refractivity contribution < 1.29 is 9.18 Å². The molecule has 1 aromatic carbocycles. The molecule has 0 unspecified atom stereocenters. The largest absolute Gasteiger partial charge is 0.379 e. The average Bonchev–Trinajstić information content (AvgIpc) is 3.48. The minimum absolute atomic E-state index is 0.168. The highest BCUT2D eigenvalue weighted by molar-refractivity contribution is 5.95. The summed E-state index contributed by atoms with van der Waals surface area (Å²) in [4.78, 5) is 24.1. The summed E-state index contributed by atoms with van der Waals surface area (Å²) < 4.78 is 14.2. The predicted octanol–water partition coefficient (Wildman–Crippen LogP) is 4.27. The van der Waals surface area contributed by atoms with E-state index in [4.69, 9.17) is 0 Å². The van der Waals surface area contributed by atoms with E-state index in [0.29, 0.717) is 17.8 Å². The van der Waals surface area contributed by atoms with Crippen LogP contribution in [-0.4, -0.2) is 26.9 Å². The van der Waals surface area contributed by atoms with Crippen LogP contribution in [0.5, 0.6) is 0 Å². The Bertz CT molecular complexity index is 1220. The summed E-state index contributed by atoms with van der Waals surface area (Å²) in [6.45, 7) is 0.390. The van der Waals surface area contributed by atoms with E-state index in [0.717, 1.165) is 40.7 Å². The van der Waals surface area contributed by atoms with Crippen molar-refractivity contribution in [1.29, 1.82) is 0 Å². The third-order valence-electron chi connectivity index (χ3n) is 5.12. The summed E-state index contributed by atoms with van der Waals surface area (Å²) in [7, 11) is 0. The van der Waals surface area contributed by atoms with Crippen LogP contribution >= 0.6 is 0 Å². The minimum Gasteiger partial charge on any atom is -0.379 e. The van der Waals surface area contributed by atoms with Gasteiger partial charge in [0.15, 0.2) is 0 Å². The zero-order valence-electron chi connectivity index (χ0n) is 16.2. The fourth-order valence-electron chi connectivity index (χ4n) is 3.33. The number of nitrogens with one attached hydrogen (secondary N) is 3. The van der Waals surface area contributed by atoms with Crippen LogP contribution in [0.1, 0.15) is 28.8 Å². The molecule has 0 saturated heterocycles. The molecule has 0 aliphatic heterocycles. The van der Waals surface area contributed by atoms with Crippen LogP contribution in [0.25, 0.3) is 22.3 Å². The van der Waals surface area contributed by atoms with Crippen molar-refractivity contribution >= 4 is 22.6 Å². The number of benzene rings is 1. The quantitative estimate of drug-likeness (QED) is 0.451. The van der Waals surface area contributed by atoms with Crippen LogP contribution in [0.15, 0.2) is 61.1 Å². The topological polar surface area (TPSA) is 82.7 Å². The zero-order chi connectivity index (χ0) is 20.5. The van der Waals surface area contributed by atoms with E-state index in [9.17, 15) is 9.18 Å². The van der Waals surface area contributed by atoms with Crippen molar-refractivity contribution in [2.24, 2.45) is 0 Å². The standard InChI is InChI=1S/C23H20FN5O/c24-19-6-3-15(23(30)28-18-4-5-18)9-21(19)26-11-14-8-17-10-20(29-22(17)27-12-14)16-2-1-7-25-13-16/h1-3,6-10,12-13,18,26H,4-5,11H2,(H,27,29)(H,28,30). The molecule has 1 aliphatic carbocycles. The van der Waals surface area contributed by atoms with Gasteiger partial charge in [-0.25, -0.2) is 9.37 Å². The van der Waals surface area contributed by atoms with E-state index in [-0.39, 0.29) is 11.9 Å². The number of nitrogens with zero attached hydrogens (tertiary/aromatic N) is 2. The average molecular weight is 401 g/mol. The third kappa shape index (κ3) is 3.87. The first-order chi connectivity index (χ1) is 14.7. The van der Waals surface area contributed by atoms with Crippen molar-refractivity contribution in [3.05, 3.63) is 78.0 Å². The lowest BCUT2D eigenvalue weighted by Crippen LogP contribution is -2.25. The zero-order valence-corrected chi connectivity index (χ0v) is 16.2. The van der Waals surface area contributed by atoms with Crippen LogP contribution in [0.2, 0.25) is 0 Å². The smallest absolute Gasteiger partial charge is 0.251 e. The van der Waals surface area contributed by atoms with Crippen molar-refractivity contribution in [3.63, 3.8) is 0 Å². The van der Waals surface area contributed by atoms with E-state index >= 15 is 0 Å². The van der Waals surface area contributed by atoms with Gasteiger partial charge >= 0.3 is 0 Å². The number of halogens is 1. The highest BCUT2D eigenvalue weighted by atomic mass is 19.1. The van der Waals surface area contributed by atoms with E-state index in [1.165, 1.54) is 12.1 Å². The van der Waals surface area contributed by atoms with Crippen molar-refractivity contribution in [3.8, 4) is 11.3 Å². The van der Waals surface area contributed by atoms with Crippen LogP contribution in [0.3, 0.4) is 0 Å². The van der Waals surface area contributed by atoms with Gasteiger partial charge in [-0.3, -0.25) is 9.78 Å². The summed E-state index contributed by atoms with van der Waals surface area (Å²) in [5.41, 5.74) is 4.36. The highest BCUT2D eigenvalue weighted by Crippen LogP contribution is 2.24. The number of amides is 1. The molecule has 1 fully saturated rings. The molecule has 0 atom stereocenters. The number of aromatic amines is 1. The second-order valence-electron chi connectivity index (χ2n) is 7.50. The normalized spacial score (nSPS) is 13.4. The van der Waals surface area contributed by atoms with E-state index in [2.05, 4.69) is 25.6 Å². The van der Waals surface area contributed by atoms with Gasteiger partial charge in [-0.05, 0) is 60.9 Å². The molecule has 0 spiro atoms. The molecule has 0 bridgehead atoms. The van der Waals surface area contributed by atoms with E-state index < -0.39 is 5.82 Å². The van der Waals surface area contributed by atoms with Gasteiger partial charge in [0, 0.05) is 53.4 Å². The van der Waals surface area contributed by atoms with Gasteiger partial charge in [0.05, 0.1) is 5.69 Å². The van der Waals surface area contributed by atoms with E-state index in [1.807, 2.05) is 24.3 Å². The molecular weight excluding hydrogens is 381 g/mol. The molecule has 6 nitrogen and oxygen atoms in total. The summed E-state index contributed by atoms with van der Waals surface area (Å²) in [5.74, 6) is -0.564. The summed E-state index contributed by atoms with van der Waals surface area (Å²) in [6.07, 6.45) is 7.30. The molecule has 7 heteroatoms. The number of H-pyrrole nitrogens is 1. The maximum absolute atomic E-state index is 14.2. The molecule has 0 radical (unpaired) electrons. The van der Waals surface area contributed by atoms with Gasteiger partial charge < -0.3 is 15.6 Å². The molecule has 3 aromatic heterocycles. The molecule has 1 amide bonds. The lowest BCUT2D eigenvalue weighted by Gasteiger charge is -2.10. The van der Waals surface area contributed by atoms with Gasteiger partial charge in [0.25, 0.3) is 5.91 Å². The molecular formula is C23H20FN5O. The molecule has 1 aliphatic rings. The van der Waals surface area contributed by atoms with Crippen LogP contribution in [-0.2, 0) is 6.54 Å². The SMILES string of the molecule is O=C(NC1CC1)c1ccc(F)c(NCc2cnc3[nH]c(-c4cccnc4)cc3c2)c1. The molecule has 3 heterocycles. The molecule has 1 saturated carbocycles. The third-order valence-corrected chi connectivity index (χ3v) is 5.12. The molecule has 150 valence electrons. The van der Waals surface area contributed by atoms with Crippen LogP contribution < -0.4 is 10.6 Å². The Kier molecular flexibility index (Phi) is 4.63. The number of carbonyl (C=O) groups excluding carboxylic acids is 1. The van der Waals surface area contributed by atoms with Gasteiger partial charge in [-0.2, -0.15) is 0 Å². The van der Waals surface area contributed by atoms with Crippen LogP contribution in [0, 0.1) is 5.82 Å². The number of aromatic nitrogens is 3. The highest BCUT2D eigenvalue weighted by Gasteiger charge is 2.24. The number of carbonyl (C=O) groups is 1. The fraction of sp³-hybridized carbons (Fsp3) is 0.174. The molecule has 4 aromatic rings. The Morgan fingerprint density at radius 3 is 2.87 bits per heavy atom. The number of fused-ring (bicyclic) bond motifs is 1. The Labute approximate surface area is 172 Å². The van der Waals surface area contributed by atoms with Gasteiger partial charge in [-0.15, -0.1) is 0 Å². The van der Waals surface area contributed by atoms with Crippen molar-refractivity contribution in [1.82, 2.24) is 20.3 Å². The summed E-state index contributed by atoms with van der Waals surface area (Å²) in [5, 5.41) is 6.96. The van der Waals surface area contributed by atoms with Gasteiger partial charge in [0.1, 0.15) is 11.5 Å². The summed E-state index contributed by atoms with van der Waals surface area (Å²) >= 11 is 0. The van der Waals surface area contributed by atoms with Crippen LogP contribution in [0.4, 0.5) is 10.1 Å². The van der Waals surface area contributed by atoms with Gasteiger partial charge in [0.2, 0.25) is 0 Å². The first kappa shape index (κ1) is 18.3. The van der Waals surface area contributed by atoms with E-state index in [1.54, 1.807) is 24.7 Å². The Hall–Kier alpha value is -3.74. The number of rotatable bonds is 6. The summed E-state index contributed by atoms with van der Waals surface area (Å²) in [6, 6.07) is 12.5. The van der Waals surface area contributed by atoms with Crippen molar-refractivity contribution in [2.75, 3.05) is 5.32 Å². The van der Waals surface area contributed by atoms with Gasteiger partial charge in [-0.1, -0.05) is 0 Å². The fourth-order valence-corrected chi connectivity index (χ4v) is 3.33. The number of hydrogen-bond donors (Lipinski definition) is 3. The Morgan fingerprint density at radius 1 is 1.17 bits per heavy atom. The van der Waals surface area contributed by atoms with Crippen molar-refractivity contribution in [2.45, 2.75) is 25.4 Å². The first-order valence-corrected chi connectivity index (χ1v) is 9.88. The predicted molar refractivity (Wildman–Crippen MR) is 114 cm³/mol. The lowest BCUT2D eigenvalue weighted by molar-refractivity contribution is 0.0951. The second kappa shape index (κ2) is 7.59. The number of anilines is 1. The lowest BCUT2D eigenvalue weighted by atomic mass is 10.1. The maximum Gasteiger partial charge on any atom is 0.251 e. The minimum atomic E-state index is -0.396. The Balaban J connectivity index is 1.33. The Morgan fingerprint density at radius 2 is 2.07 bits per heavy atom. The maximum atomic E-state index is 14.2. The molecule has 3 N–H and O–H groups in total. The second-order valence-corrected chi connectivity index (χ2v) is 7.50. The molecule has 5 rings (SSSR count). The first-order valence-electron chi connectivity index (χ1n) is 9.88. The molecule has 30 heavy (non-hydrogen) atoms. The monoisotopic (exact) mass is 401 g/mol.